The van der Waals surface area contributed by atoms with Crippen LogP contribution in [0.4, 0.5) is 0 Å². The van der Waals surface area contributed by atoms with Crippen molar-refractivity contribution < 1.29 is 8.42 Å². The quantitative estimate of drug-likeness (QED) is 0.482. The van der Waals surface area contributed by atoms with Crippen molar-refractivity contribution in [3.05, 3.63) is 101 Å². The van der Waals surface area contributed by atoms with Crippen LogP contribution >= 0.6 is 0 Å². The molecule has 5 heteroatoms. The summed E-state index contributed by atoms with van der Waals surface area (Å²) < 4.78 is 29.4. The first-order valence-electron chi connectivity index (χ1n) is 9.58. The van der Waals surface area contributed by atoms with E-state index < -0.39 is 16.1 Å². The number of nitrogens with one attached hydrogen (secondary N) is 2. The van der Waals surface area contributed by atoms with E-state index >= 15 is 0 Å². The van der Waals surface area contributed by atoms with Gasteiger partial charge < -0.3 is 4.98 Å². The Labute approximate surface area is 171 Å². The average molecular weight is 405 g/mol. The number of para-hydroxylation sites is 1. The fraction of sp³-hybridized carbons (Fsp3) is 0.167. The van der Waals surface area contributed by atoms with Crippen molar-refractivity contribution in [2.45, 2.75) is 31.7 Å². The molecule has 0 aliphatic carbocycles. The van der Waals surface area contributed by atoms with Gasteiger partial charge in [0.1, 0.15) is 0 Å². The molecule has 148 valence electrons. The largest absolute Gasteiger partial charge is 0.358 e. The van der Waals surface area contributed by atoms with Crippen LogP contribution in [0.15, 0.2) is 77.7 Å². The highest BCUT2D eigenvalue weighted by atomic mass is 32.2. The van der Waals surface area contributed by atoms with Gasteiger partial charge in [0.25, 0.3) is 0 Å². The first-order chi connectivity index (χ1) is 13.8. The SMILES string of the molecule is Cc1ccc(S(=O)(=O)NC(c2cccc(C)c2)c2c(C)[nH]c3ccccc23)cc1. The van der Waals surface area contributed by atoms with Crippen LogP contribution in [0.5, 0.6) is 0 Å². The molecule has 29 heavy (non-hydrogen) atoms. The number of aryl methyl sites for hydroxylation is 3. The number of benzene rings is 3. The summed E-state index contributed by atoms with van der Waals surface area (Å²) >= 11 is 0. The number of fused-ring (bicyclic) bond motifs is 1. The lowest BCUT2D eigenvalue weighted by atomic mass is 9.96. The molecular formula is C24H24N2O2S. The van der Waals surface area contributed by atoms with Crippen molar-refractivity contribution in [2.75, 3.05) is 0 Å². The molecule has 0 radical (unpaired) electrons. The lowest BCUT2D eigenvalue weighted by Gasteiger charge is -2.21. The number of sulfonamides is 1. The van der Waals surface area contributed by atoms with Gasteiger partial charge in [0.15, 0.2) is 0 Å². The standard InChI is InChI=1S/C24H24N2O2S/c1-16-11-13-20(14-12-16)29(27,28)26-24(19-8-6-7-17(2)15-19)23-18(3)25-22-10-5-4-9-21(22)23/h4-15,24-26H,1-3H3. The summed E-state index contributed by atoms with van der Waals surface area (Å²) in [5.74, 6) is 0. The van der Waals surface area contributed by atoms with Crippen molar-refractivity contribution in [1.82, 2.24) is 9.71 Å². The zero-order valence-electron chi connectivity index (χ0n) is 16.7. The van der Waals surface area contributed by atoms with Gasteiger partial charge in [-0.1, -0.05) is 65.7 Å². The first kappa shape index (κ1) is 19.4. The fourth-order valence-electron chi connectivity index (χ4n) is 3.75. The van der Waals surface area contributed by atoms with Crippen LogP contribution in [0.1, 0.15) is 34.0 Å². The molecule has 2 N–H and O–H groups in total. The topological polar surface area (TPSA) is 62.0 Å². The second-order valence-corrected chi connectivity index (χ2v) is 9.20. The summed E-state index contributed by atoms with van der Waals surface area (Å²) in [7, 11) is -3.71. The highest BCUT2D eigenvalue weighted by molar-refractivity contribution is 7.89. The molecule has 0 saturated carbocycles. The number of H-pyrrole nitrogens is 1. The molecule has 1 aromatic heterocycles. The van der Waals surface area contributed by atoms with E-state index in [-0.39, 0.29) is 4.90 Å². The van der Waals surface area contributed by atoms with Crippen LogP contribution in [-0.4, -0.2) is 13.4 Å². The maximum atomic E-state index is 13.2. The normalized spacial score (nSPS) is 12.9. The van der Waals surface area contributed by atoms with E-state index in [1.54, 1.807) is 12.1 Å². The van der Waals surface area contributed by atoms with Crippen LogP contribution in [0, 0.1) is 20.8 Å². The highest BCUT2D eigenvalue weighted by Crippen LogP contribution is 2.33. The maximum absolute atomic E-state index is 13.2. The minimum atomic E-state index is -3.71. The molecule has 3 aromatic carbocycles. The van der Waals surface area contributed by atoms with Crippen LogP contribution < -0.4 is 4.72 Å². The minimum Gasteiger partial charge on any atom is -0.358 e. The Balaban J connectivity index is 1.87. The minimum absolute atomic E-state index is 0.262. The Morgan fingerprint density at radius 1 is 0.828 bits per heavy atom. The Kier molecular flexibility index (Phi) is 5.03. The monoisotopic (exact) mass is 404 g/mol. The van der Waals surface area contributed by atoms with E-state index in [1.165, 1.54) is 0 Å². The smallest absolute Gasteiger partial charge is 0.241 e. The number of rotatable bonds is 5. The van der Waals surface area contributed by atoms with Crippen LogP contribution in [0.3, 0.4) is 0 Å². The van der Waals surface area contributed by atoms with E-state index in [1.807, 2.05) is 81.4 Å². The third kappa shape index (κ3) is 3.84. The van der Waals surface area contributed by atoms with Crippen LogP contribution in [0.25, 0.3) is 10.9 Å². The highest BCUT2D eigenvalue weighted by Gasteiger charge is 2.26. The second-order valence-electron chi connectivity index (χ2n) is 7.49. The second kappa shape index (κ2) is 7.50. The van der Waals surface area contributed by atoms with Gasteiger partial charge in [-0.3, -0.25) is 0 Å². The number of aromatic nitrogens is 1. The number of hydrogen-bond donors (Lipinski definition) is 2. The van der Waals surface area contributed by atoms with E-state index in [0.717, 1.165) is 38.9 Å². The van der Waals surface area contributed by atoms with Crippen molar-refractivity contribution in [3.8, 4) is 0 Å². The molecular weight excluding hydrogens is 380 g/mol. The molecule has 1 unspecified atom stereocenters. The van der Waals surface area contributed by atoms with Gasteiger partial charge in [0.2, 0.25) is 10.0 Å². The Bertz CT molecular complexity index is 1270. The van der Waals surface area contributed by atoms with Crippen LogP contribution in [-0.2, 0) is 10.0 Å². The summed E-state index contributed by atoms with van der Waals surface area (Å²) in [4.78, 5) is 3.65. The van der Waals surface area contributed by atoms with E-state index in [2.05, 4.69) is 9.71 Å². The van der Waals surface area contributed by atoms with Crippen molar-refractivity contribution in [2.24, 2.45) is 0 Å². The number of hydrogen-bond acceptors (Lipinski definition) is 2. The van der Waals surface area contributed by atoms with E-state index in [0.29, 0.717) is 0 Å². The van der Waals surface area contributed by atoms with E-state index in [4.69, 9.17) is 0 Å². The fourth-order valence-corrected chi connectivity index (χ4v) is 4.95. The lowest BCUT2D eigenvalue weighted by molar-refractivity contribution is 0.572. The van der Waals surface area contributed by atoms with Crippen molar-refractivity contribution in [1.29, 1.82) is 0 Å². The van der Waals surface area contributed by atoms with Gasteiger partial charge in [-0.15, -0.1) is 0 Å². The summed E-state index contributed by atoms with van der Waals surface area (Å²) in [5.41, 5.74) is 5.90. The molecule has 4 aromatic rings. The third-order valence-electron chi connectivity index (χ3n) is 5.21. The van der Waals surface area contributed by atoms with E-state index in [9.17, 15) is 8.42 Å². The Morgan fingerprint density at radius 2 is 1.55 bits per heavy atom. The van der Waals surface area contributed by atoms with Gasteiger partial charge in [-0.25, -0.2) is 8.42 Å². The van der Waals surface area contributed by atoms with Gasteiger partial charge in [0.05, 0.1) is 10.9 Å². The van der Waals surface area contributed by atoms with Gasteiger partial charge in [0, 0.05) is 22.2 Å². The Hall–Kier alpha value is -2.89. The Morgan fingerprint density at radius 3 is 2.28 bits per heavy atom. The molecule has 0 aliphatic rings. The summed E-state index contributed by atoms with van der Waals surface area (Å²) in [6.07, 6.45) is 0. The molecule has 1 atom stereocenters. The molecule has 0 saturated heterocycles. The zero-order valence-corrected chi connectivity index (χ0v) is 17.5. The molecule has 0 amide bonds. The lowest BCUT2D eigenvalue weighted by Crippen LogP contribution is -2.30. The summed E-state index contributed by atoms with van der Waals surface area (Å²) in [5, 5.41) is 1.02. The van der Waals surface area contributed by atoms with Gasteiger partial charge in [-0.2, -0.15) is 4.72 Å². The molecule has 1 heterocycles. The van der Waals surface area contributed by atoms with Crippen LogP contribution in [0.2, 0.25) is 0 Å². The molecule has 0 bridgehead atoms. The van der Waals surface area contributed by atoms with Crippen molar-refractivity contribution in [3.63, 3.8) is 0 Å². The molecule has 0 fully saturated rings. The molecule has 0 aliphatic heterocycles. The molecule has 4 nitrogen and oxygen atoms in total. The van der Waals surface area contributed by atoms with Crippen molar-refractivity contribution >= 4 is 20.9 Å². The molecule has 4 rings (SSSR count). The summed E-state index contributed by atoms with van der Waals surface area (Å²) in [6.45, 7) is 5.93. The summed E-state index contributed by atoms with van der Waals surface area (Å²) in [6, 6.07) is 22.4. The predicted octanol–water partition coefficient (Wildman–Crippen LogP) is 5.16. The predicted molar refractivity (Wildman–Crippen MR) is 118 cm³/mol. The zero-order chi connectivity index (χ0) is 20.6. The average Bonchev–Trinajstić information content (AvgIpc) is 3.02. The van der Waals surface area contributed by atoms with Gasteiger partial charge >= 0.3 is 0 Å². The molecule has 0 spiro atoms. The first-order valence-corrected chi connectivity index (χ1v) is 11.1. The number of aromatic amines is 1. The van der Waals surface area contributed by atoms with Gasteiger partial charge in [-0.05, 0) is 44.5 Å². The maximum Gasteiger partial charge on any atom is 0.241 e. The third-order valence-corrected chi connectivity index (χ3v) is 6.65.